The molecule has 0 radical (unpaired) electrons. The van der Waals surface area contributed by atoms with Crippen molar-refractivity contribution in [1.29, 1.82) is 0 Å². The zero-order chi connectivity index (χ0) is 28.5. The molecule has 0 aliphatic heterocycles. The van der Waals surface area contributed by atoms with Gasteiger partial charge in [-0.15, -0.1) is 0 Å². The van der Waals surface area contributed by atoms with Crippen LogP contribution in [-0.2, 0) is 16.1 Å². The summed E-state index contributed by atoms with van der Waals surface area (Å²) in [5, 5.41) is 2.83. The Morgan fingerprint density at radius 2 is 1.50 bits per heavy atom. The second-order valence-corrected chi connectivity index (χ2v) is 11.6. The maximum atomic E-state index is 12.2. The third-order valence-electron chi connectivity index (χ3n) is 8.21. The first kappa shape index (κ1) is 33.9. The number of unbranched alkanes of at least 4 members (excludes halogenated alkanes) is 15. The summed E-state index contributed by atoms with van der Waals surface area (Å²) < 4.78 is 7.52. The fourth-order valence-corrected chi connectivity index (χ4v) is 5.69. The minimum absolute atomic E-state index is 0.105. The van der Waals surface area contributed by atoms with Crippen LogP contribution >= 0.6 is 0 Å². The molecule has 40 heavy (non-hydrogen) atoms. The van der Waals surface area contributed by atoms with Crippen molar-refractivity contribution < 1.29 is 14.3 Å². The first-order chi connectivity index (χ1) is 19.7. The molecule has 1 aliphatic rings. The van der Waals surface area contributed by atoms with Crippen LogP contribution in [0.25, 0.3) is 0 Å². The number of aryl methyl sites for hydroxylation is 1. The molecule has 1 heterocycles. The average molecular weight is 559 g/mol. The van der Waals surface area contributed by atoms with Crippen LogP contribution in [0.3, 0.4) is 0 Å². The number of ether oxygens (including phenoxy) is 1. The molecular formula is C33H58N4O3. The van der Waals surface area contributed by atoms with E-state index in [0.717, 1.165) is 45.2 Å². The topological polar surface area (TPSA) is 76.5 Å². The molecule has 0 bridgehead atoms. The van der Waals surface area contributed by atoms with E-state index in [9.17, 15) is 9.59 Å². The number of imidazole rings is 1. The largest absolute Gasteiger partial charge is 0.449 e. The highest BCUT2D eigenvalue weighted by atomic mass is 16.5. The smallest absolute Gasteiger partial charge is 0.407 e. The lowest BCUT2D eigenvalue weighted by atomic mass is 9.88. The van der Waals surface area contributed by atoms with Crippen LogP contribution in [0.15, 0.2) is 30.9 Å². The number of carbonyl (C=O) groups is 2. The fraction of sp³-hybridized carbons (Fsp3) is 0.788. The predicted octanol–water partition coefficient (Wildman–Crippen LogP) is 8.05. The summed E-state index contributed by atoms with van der Waals surface area (Å²) in [5.74, 6) is 0.146. The second-order valence-electron chi connectivity index (χ2n) is 11.6. The van der Waals surface area contributed by atoms with E-state index < -0.39 is 0 Å². The molecule has 2 atom stereocenters. The normalized spacial score (nSPS) is 16.6. The summed E-state index contributed by atoms with van der Waals surface area (Å²) >= 11 is 0. The van der Waals surface area contributed by atoms with Crippen LogP contribution in [0, 0.1) is 5.92 Å². The number of nitrogens with zero attached hydrogens (tertiary/aromatic N) is 3. The molecule has 0 spiro atoms. The lowest BCUT2D eigenvalue weighted by Gasteiger charge is -2.35. The van der Waals surface area contributed by atoms with Crippen molar-refractivity contribution in [2.75, 3.05) is 19.7 Å². The summed E-state index contributed by atoms with van der Waals surface area (Å²) in [5.41, 5.74) is 0. The lowest BCUT2D eigenvalue weighted by Crippen LogP contribution is -2.43. The summed E-state index contributed by atoms with van der Waals surface area (Å²) in [4.78, 5) is 30.1. The number of allylic oxidation sites excluding steroid dienone is 1. The molecule has 7 heteroatoms. The Morgan fingerprint density at radius 1 is 0.900 bits per heavy atom. The molecule has 1 aliphatic carbocycles. The first-order valence-electron chi connectivity index (χ1n) is 16.5. The number of carbonyl (C=O) groups excluding carboxylic acids is 2. The second kappa shape index (κ2) is 23.4. The average Bonchev–Trinajstić information content (AvgIpc) is 3.50. The van der Waals surface area contributed by atoms with E-state index >= 15 is 0 Å². The molecule has 0 fully saturated rings. The van der Waals surface area contributed by atoms with Gasteiger partial charge < -0.3 is 19.5 Å². The molecule has 1 aromatic heterocycles. The van der Waals surface area contributed by atoms with Crippen molar-refractivity contribution >= 4 is 12.5 Å². The lowest BCUT2D eigenvalue weighted by molar-refractivity contribution is -0.121. The van der Waals surface area contributed by atoms with Crippen LogP contribution in [0.1, 0.15) is 129 Å². The van der Waals surface area contributed by atoms with E-state index in [1.807, 2.05) is 15.7 Å². The maximum Gasteiger partial charge on any atom is 0.407 e. The van der Waals surface area contributed by atoms with E-state index in [0.29, 0.717) is 13.2 Å². The molecule has 7 nitrogen and oxygen atoms in total. The highest BCUT2D eigenvalue weighted by Gasteiger charge is 2.28. The van der Waals surface area contributed by atoms with E-state index in [4.69, 9.17) is 4.74 Å². The van der Waals surface area contributed by atoms with Crippen molar-refractivity contribution in [2.24, 2.45) is 5.92 Å². The Bertz CT molecular complexity index is 768. The monoisotopic (exact) mass is 558 g/mol. The highest BCUT2D eigenvalue weighted by molar-refractivity contribution is 5.67. The van der Waals surface area contributed by atoms with Crippen molar-refractivity contribution in [1.82, 2.24) is 19.8 Å². The summed E-state index contributed by atoms with van der Waals surface area (Å²) in [7, 11) is 0. The Balaban J connectivity index is 1.47. The number of nitrogens with one attached hydrogen (secondary N) is 1. The minimum atomic E-state index is -0.380. The summed E-state index contributed by atoms with van der Waals surface area (Å²) in [6.45, 7) is 4.78. The number of hydrogen-bond acceptors (Lipinski definition) is 4. The zero-order valence-corrected chi connectivity index (χ0v) is 25.4. The SMILES string of the molecule is CCCCCCCCCCCCCCCCCCN(C=O)C1CC=CCC1COC(=O)NCCCn1ccnc1. The van der Waals surface area contributed by atoms with Crippen LogP contribution in [0.4, 0.5) is 4.79 Å². The quantitative estimate of drug-likeness (QED) is 0.0748. The predicted molar refractivity (Wildman–Crippen MR) is 164 cm³/mol. The van der Waals surface area contributed by atoms with Gasteiger partial charge in [-0.1, -0.05) is 115 Å². The van der Waals surface area contributed by atoms with Gasteiger partial charge in [-0.2, -0.15) is 0 Å². The number of aromatic nitrogens is 2. The molecule has 2 amide bonds. The van der Waals surface area contributed by atoms with Gasteiger partial charge in [-0.3, -0.25) is 4.79 Å². The zero-order valence-electron chi connectivity index (χ0n) is 25.4. The Kier molecular flexibility index (Phi) is 19.8. The number of rotatable bonds is 25. The first-order valence-corrected chi connectivity index (χ1v) is 16.5. The Hall–Kier alpha value is -2.31. The van der Waals surface area contributed by atoms with E-state index in [1.54, 1.807) is 12.5 Å². The standard InChI is InChI=1S/C33H58N4O3/c1-2-3-4-5-6-7-8-9-10-11-12-13-14-15-16-19-26-37(30-38)32-22-18-17-21-31(32)28-40-33(39)35-23-20-25-36-27-24-34-29-36/h17-18,24,27,29-32H,2-16,19-23,25-26,28H2,1H3,(H,35,39). The number of amides is 2. The van der Waals surface area contributed by atoms with Gasteiger partial charge in [-0.05, 0) is 25.7 Å². The molecule has 0 saturated carbocycles. The molecule has 2 rings (SSSR count). The van der Waals surface area contributed by atoms with Gasteiger partial charge in [0, 0.05) is 44.0 Å². The fourth-order valence-electron chi connectivity index (χ4n) is 5.69. The Morgan fingerprint density at radius 3 is 2.08 bits per heavy atom. The van der Waals surface area contributed by atoms with Gasteiger partial charge in [0.1, 0.15) is 0 Å². The molecule has 0 aromatic carbocycles. The number of alkyl carbamates (subject to hydrolysis) is 1. The molecule has 2 unspecified atom stereocenters. The van der Waals surface area contributed by atoms with Crippen molar-refractivity contribution in [3.8, 4) is 0 Å². The van der Waals surface area contributed by atoms with Gasteiger partial charge in [0.05, 0.1) is 12.9 Å². The maximum absolute atomic E-state index is 12.2. The van der Waals surface area contributed by atoms with Crippen LogP contribution in [0.5, 0.6) is 0 Å². The van der Waals surface area contributed by atoms with Crippen molar-refractivity contribution in [2.45, 2.75) is 142 Å². The van der Waals surface area contributed by atoms with Gasteiger partial charge in [0.25, 0.3) is 0 Å². The van der Waals surface area contributed by atoms with E-state index in [2.05, 4.69) is 29.4 Å². The minimum Gasteiger partial charge on any atom is -0.449 e. The molecule has 1 N–H and O–H groups in total. The highest BCUT2D eigenvalue weighted by Crippen LogP contribution is 2.24. The number of hydrogen-bond donors (Lipinski definition) is 1. The third-order valence-corrected chi connectivity index (χ3v) is 8.21. The molecule has 0 saturated heterocycles. The molecule has 228 valence electrons. The van der Waals surface area contributed by atoms with E-state index in [1.165, 1.54) is 96.3 Å². The van der Waals surface area contributed by atoms with E-state index in [-0.39, 0.29) is 18.1 Å². The van der Waals surface area contributed by atoms with Gasteiger partial charge in [0.2, 0.25) is 6.41 Å². The van der Waals surface area contributed by atoms with Crippen LogP contribution in [-0.4, -0.2) is 52.7 Å². The van der Waals surface area contributed by atoms with Crippen molar-refractivity contribution in [3.05, 3.63) is 30.9 Å². The van der Waals surface area contributed by atoms with Gasteiger partial charge in [0.15, 0.2) is 0 Å². The Labute approximate surface area is 244 Å². The summed E-state index contributed by atoms with van der Waals surface area (Å²) in [6, 6.07) is 0.105. The van der Waals surface area contributed by atoms with Gasteiger partial charge >= 0.3 is 6.09 Å². The van der Waals surface area contributed by atoms with Crippen LogP contribution in [0.2, 0.25) is 0 Å². The van der Waals surface area contributed by atoms with Gasteiger partial charge in [-0.25, -0.2) is 9.78 Å². The van der Waals surface area contributed by atoms with Crippen molar-refractivity contribution in [3.63, 3.8) is 0 Å². The summed E-state index contributed by atoms with van der Waals surface area (Å²) in [6.07, 6.45) is 34.4. The molecule has 1 aromatic rings. The van der Waals surface area contributed by atoms with Crippen LogP contribution < -0.4 is 5.32 Å². The third kappa shape index (κ3) is 16.1. The molecular weight excluding hydrogens is 500 g/mol.